The number of nitrogens with one attached hydrogen (secondary N) is 1. The van der Waals surface area contributed by atoms with Gasteiger partial charge in [0.05, 0.1) is 19.6 Å². The monoisotopic (exact) mass is 246 g/mol. The van der Waals surface area contributed by atoms with Crippen LogP contribution in [-0.4, -0.2) is 42.1 Å². The van der Waals surface area contributed by atoms with Gasteiger partial charge in [0.25, 0.3) is 0 Å². The summed E-state index contributed by atoms with van der Waals surface area (Å²) in [4.78, 5) is 33.2. The third kappa shape index (κ3) is 5.86. The molecule has 98 valence electrons. The number of hydrogen-bond donors (Lipinski definition) is 3. The van der Waals surface area contributed by atoms with Gasteiger partial charge in [-0.2, -0.15) is 0 Å². The Morgan fingerprint density at radius 3 is 2.41 bits per heavy atom. The molecule has 0 spiro atoms. The number of nitrogens with two attached hydrogens (primary N) is 1. The molecule has 0 heterocycles. The number of methoxy groups -OCH3 is 1. The standard InChI is InChI=1S/C10H18N2O5/c1-3-4-6(11)9(14)12-7(10(15)16)5-8(13)17-2/h6-7H,3-5,11H2,1-2H3,(H,12,14)(H,15,16)/t6-,7+/m1/s1. The first-order valence-corrected chi connectivity index (χ1v) is 5.27. The molecule has 0 radical (unpaired) electrons. The van der Waals surface area contributed by atoms with E-state index in [0.717, 1.165) is 7.11 Å². The fourth-order valence-corrected chi connectivity index (χ4v) is 1.17. The minimum absolute atomic E-state index is 0.420. The van der Waals surface area contributed by atoms with Gasteiger partial charge in [-0.15, -0.1) is 0 Å². The lowest BCUT2D eigenvalue weighted by Gasteiger charge is -2.16. The summed E-state index contributed by atoms with van der Waals surface area (Å²) < 4.78 is 4.34. The second kappa shape index (κ2) is 7.61. The van der Waals surface area contributed by atoms with Crippen LogP contribution in [0.15, 0.2) is 0 Å². The van der Waals surface area contributed by atoms with E-state index in [1.54, 1.807) is 0 Å². The molecular weight excluding hydrogens is 228 g/mol. The maximum atomic E-state index is 11.5. The highest BCUT2D eigenvalue weighted by Crippen LogP contribution is 1.98. The van der Waals surface area contributed by atoms with Crippen LogP contribution in [0.2, 0.25) is 0 Å². The molecule has 1 amide bonds. The van der Waals surface area contributed by atoms with E-state index in [9.17, 15) is 14.4 Å². The second-order valence-corrected chi connectivity index (χ2v) is 3.57. The normalized spacial score (nSPS) is 13.6. The molecule has 7 nitrogen and oxygen atoms in total. The average Bonchev–Trinajstić information content (AvgIpc) is 2.27. The highest BCUT2D eigenvalue weighted by Gasteiger charge is 2.25. The molecule has 0 aliphatic carbocycles. The maximum absolute atomic E-state index is 11.5. The largest absolute Gasteiger partial charge is 0.480 e. The van der Waals surface area contributed by atoms with Crippen LogP contribution < -0.4 is 11.1 Å². The minimum atomic E-state index is -1.31. The molecule has 0 rings (SSSR count). The first-order valence-electron chi connectivity index (χ1n) is 5.27. The van der Waals surface area contributed by atoms with E-state index < -0.39 is 36.4 Å². The molecule has 0 saturated carbocycles. The summed E-state index contributed by atoms with van der Waals surface area (Å²) in [5, 5.41) is 11.0. The molecule has 17 heavy (non-hydrogen) atoms. The molecule has 0 saturated heterocycles. The topological polar surface area (TPSA) is 119 Å². The third-order valence-electron chi connectivity index (χ3n) is 2.15. The van der Waals surface area contributed by atoms with Gasteiger partial charge in [0.15, 0.2) is 0 Å². The van der Waals surface area contributed by atoms with Crippen molar-refractivity contribution in [2.24, 2.45) is 5.73 Å². The smallest absolute Gasteiger partial charge is 0.326 e. The number of rotatable bonds is 7. The Labute approximate surface area is 99.3 Å². The number of aliphatic carboxylic acids is 1. The summed E-state index contributed by atoms with van der Waals surface area (Å²) in [7, 11) is 1.14. The Kier molecular flexibility index (Phi) is 6.88. The molecule has 0 bridgehead atoms. The van der Waals surface area contributed by atoms with Gasteiger partial charge in [-0.1, -0.05) is 13.3 Å². The van der Waals surface area contributed by atoms with Gasteiger partial charge in [-0.3, -0.25) is 9.59 Å². The number of carbonyl (C=O) groups excluding carboxylic acids is 2. The number of amides is 1. The zero-order valence-corrected chi connectivity index (χ0v) is 9.93. The molecule has 0 aliphatic heterocycles. The van der Waals surface area contributed by atoms with E-state index in [2.05, 4.69) is 10.1 Å². The zero-order chi connectivity index (χ0) is 13.4. The molecule has 2 atom stereocenters. The zero-order valence-electron chi connectivity index (χ0n) is 9.93. The summed E-state index contributed by atoms with van der Waals surface area (Å²) >= 11 is 0. The highest BCUT2D eigenvalue weighted by molar-refractivity contribution is 5.89. The molecule has 0 aromatic carbocycles. The van der Waals surface area contributed by atoms with Crippen LogP contribution in [0.5, 0.6) is 0 Å². The van der Waals surface area contributed by atoms with Crippen LogP contribution in [0.3, 0.4) is 0 Å². The molecule has 0 aromatic heterocycles. The Balaban J connectivity index is 4.39. The average molecular weight is 246 g/mol. The van der Waals surface area contributed by atoms with Crippen molar-refractivity contribution in [2.45, 2.75) is 38.3 Å². The predicted molar refractivity (Wildman–Crippen MR) is 59.1 cm³/mol. The molecule has 0 fully saturated rings. The van der Waals surface area contributed by atoms with Gasteiger partial charge in [0.2, 0.25) is 5.91 Å². The van der Waals surface area contributed by atoms with E-state index in [1.165, 1.54) is 0 Å². The number of ether oxygens (including phenoxy) is 1. The predicted octanol–water partition coefficient (Wildman–Crippen LogP) is -0.754. The van der Waals surface area contributed by atoms with Gasteiger partial charge < -0.3 is 20.9 Å². The lowest BCUT2D eigenvalue weighted by Crippen LogP contribution is -2.49. The van der Waals surface area contributed by atoms with Gasteiger partial charge in [0, 0.05) is 0 Å². The van der Waals surface area contributed by atoms with Gasteiger partial charge in [-0.25, -0.2) is 4.79 Å². The van der Waals surface area contributed by atoms with Crippen LogP contribution in [0.4, 0.5) is 0 Å². The first kappa shape index (κ1) is 15.4. The van der Waals surface area contributed by atoms with Crippen LogP contribution in [0.1, 0.15) is 26.2 Å². The Hall–Kier alpha value is -1.63. The summed E-state index contributed by atoms with van der Waals surface area (Å²) in [5.41, 5.74) is 5.52. The van der Waals surface area contributed by atoms with Crippen molar-refractivity contribution in [3.05, 3.63) is 0 Å². The van der Waals surface area contributed by atoms with E-state index in [1.807, 2.05) is 6.92 Å². The Morgan fingerprint density at radius 1 is 1.41 bits per heavy atom. The Morgan fingerprint density at radius 2 is 2.00 bits per heavy atom. The SMILES string of the molecule is CCC[C@@H](N)C(=O)N[C@@H](CC(=O)OC)C(=O)O. The van der Waals surface area contributed by atoms with Gasteiger partial charge >= 0.3 is 11.9 Å². The van der Waals surface area contributed by atoms with Crippen molar-refractivity contribution in [2.75, 3.05) is 7.11 Å². The molecule has 4 N–H and O–H groups in total. The lowest BCUT2D eigenvalue weighted by atomic mass is 10.1. The van der Waals surface area contributed by atoms with E-state index in [-0.39, 0.29) is 0 Å². The van der Waals surface area contributed by atoms with E-state index >= 15 is 0 Å². The molecular formula is C10H18N2O5. The minimum Gasteiger partial charge on any atom is -0.480 e. The van der Waals surface area contributed by atoms with Crippen LogP contribution in [-0.2, 0) is 19.1 Å². The third-order valence-corrected chi connectivity index (χ3v) is 2.15. The second-order valence-electron chi connectivity index (χ2n) is 3.57. The number of hydrogen-bond acceptors (Lipinski definition) is 5. The van der Waals surface area contributed by atoms with Crippen molar-refractivity contribution >= 4 is 17.8 Å². The number of carboxylic acid groups (broad SMARTS) is 1. The molecule has 0 unspecified atom stereocenters. The van der Waals surface area contributed by atoms with Gasteiger partial charge in [0.1, 0.15) is 6.04 Å². The van der Waals surface area contributed by atoms with Crippen molar-refractivity contribution in [3.8, 4) is 0 Å². The number of carboxylic acids is 1. The van der Waals surface area contributed by atoms with Crippen molar-refractivity contribution in [1.29, 1.82) is 0 Å². The summed E-state index contributed by atoms with van der Waals surface area (Å²) in [6, 6.07) is -2.07. The van der Waals surface area contributed by atoms with Gasteiger partial charge in [-0.05, 0) is 6.42 Å². The maximum Gasteiger partial charge on any atom is 0.326 e. The van der Waals surface area contributed by atoms with Crippen LogP contribution >= 0.6 is 0 Å². The summed E-state index contributed by atoms with van der Waals surface area (Å²) in [6.07, 6.45) is 0.746. The van der Waals surface area contributed by atoms with E-state index in [4.69, 9.17) is 10.8 Å². The number of esters is 1. The lowest BCUT2D eigenvalue weighted by molar-refractivity contribution is -0.148. The summed E-state index contributed by atoms with van der Waals surface area (Å²) in [6.45, 7) is 1.86. The van der Waals surface area contributed by atoms with Crippen LogP contribution in [0, 0.1) is 0 Å². The fourth-order valence-electron chi connectivity index (χ4n) is 1.17. The van der Waals surface area contributed by atoms with E-state index in [0.29, 0.717) is 12.8 Å². The van der Waals surface area contributed by atoms with Crippen molar-refractivity contribution in [1.82, 2.24) is 5.32 Å². The fraction of sp³-hybridized carbons (Fsp3) is 0.700. The van der Waals surface area contributed by atoms with Crippen LogP contribution in [0.25, 0.3) is 0 Å². The first-order chi connectivity index (χ1) is 7.92. The molecule has 0 aliphatic rings. The quantitative estimate of drug-likeness (QED) is 0.508. The summed E-state index contributed by atoms with van der Waals surface area (Å²) in [5.74, 6) is -2.59. The Bertz CT molecular complexity index is 292. The van der Waals surface area contributed by atoms with Crippen molar-refractivity contribution < 1.29 is 24.2 Å². The molecule has 7 heteroatoms. The molecule has 0 aromatic rings. The number of carbonyl (C=O) groups is 3. The van der Waals surface area contributed by atoms with Crippen molar-refractivity contribution in [3.63, 3.8) is 0 Å². The highest BCUT2D eigenvalue weighted by atomic mass is 16.5.